The van der Waals surface area contributed by atoms with Gasteiger partial charge in [0.25, 0.3) is 5.91 Å². The van der Waals surface area contributed by atoms with Crippen LogP contribution >= 0.6 is 0 Å². The van der Waals surface area contributed by atoms with Crippen molar-refractivity contribution in [2.45, 2.75) is 38.5 Å². The number of aliphatic hydroxyl groups is 1. The van der Waals surface area contributed by atoms with Crippen molar-refractivity contribution in [2.75, 3.05) is 13.2 Å². The zero-order valence-corrected chi connectivity index (χ0v) is 13.4. The SMILES string of the molecule is O=C(NC[C@@H](CO)CC1CCCCC1)c1ccc2[nH]ncc2c1. The molecule has 3 rings (SSSR count). The van der Waals surface area contributed by atoms with E-state index in [0.717, 1.165) is 17.3 Å². The Balaban J connectivity index is 1.53. The summed E-state index contributed by atoms with van der Waals surface area (Å²) in [7, 11) is 0. The summed E-state index contributed by atoms with van der Waals surface area (Å²) < 4.78 is 0. The first-order chi connectivity index (χ1) is 11.3. The van der Waals surface area contributed by atoms with E-state index >= 15 is 0 Å². The molecule has 0 radical (unpaired) electrons. The van der Waals surface area contributed by atoms with Crippen LogP contribution in [0.25, 0.3) is 10.9 Å². The lowest BCUT2D eigenvalue weighted by Crippen LogP contribution is -2.32. The summed E-state index contributed by atoms with van der Waals surface area (Å²) in [5.41, 5.74) is 1.56. The molecule has 1 atom stereocenters. The number of nitrogens with zero attached hydrogens (tertiary/aromatic N) is 1. The van der Waals surface area contributed by atoms with Crippen molar-refractivity contribution in [2.24, 2.45) is 11.8 Å². The van der Waals surface area contributed by atoms with Gasteiger partial charge in [0.1, 0.15) is 0 Å². The Bertz CT molecular complexity index is 647. The van der Waals surface area contributed by atoms with E-state index in [-0.39, 0.29) is 18.4 Å². The van der Waals surface area contributed by atoms with Crippen LogP contribution in [-0.4, -0.2) is 34.4 Å². The van der Waals surface area contributed by atoms with Gasteiger partial charge in [0.15, 0.2) is 0 Å². The van der Waals surface area contributed by atoms with Crippen LogP contribution in [0.2, 0.25) is 0 Å². The van der Waals surface area contributed by atoms with Crippen molar-refractivity contribution in [1.82, 2.24) is 15.5 Å². The molecule has 5 heteroatoms. The molecule has 1 heterocycles. The Morgan fingerprint density at radius 2 is 2.17 bits per heavy atom. The Labute approximate surface area is 136 Å². The molecule has 0 bridgehead atoms. The summed E-state index contributed by atoms with van der Waals surface area (Å²) in [5.74, 6) is 0.773. The topological polar surface area (TPSA) is 78.0 Å². The number of nitrogens with one attached hydrogen (secondary N) is 2. The first kappa shape index (κ1) is 16.0. The second-order valence-corrected chi connectivity index (χ2v) is 6.67. The van der Waals surface area contributed by atoms with Crippen LogP contribution in [0.15, 0.2) is 24.4 Å². The average Bonchev–Trinajstić information content (AvgIpc) is 3.06. The van der Waals surface area contributed by atoms with Crippen molar-refractivity contribution in [3.63, 3.8) is 0 Å². The molecule has 1 amide bonds. The lowest BCUT2D eigenvalue weighted by Gasteiger charge is -2.25. The Kier molecular flexibility index (Phi) is 5.28. The van der Waals surface area contributed by atoms with Gasteiger partial charge in [0.2, 0.25) is 0 Å². The van der Waals surface area contributed by atoms with Gasteiger partial charge in [-0.1, -0.05) is 32.1 Å². The van der Waals surface area contributed by atoms with Gasteiger partial charge in [0.05, 0.1) is 11.7 Å². The lowest BCUT2D eigenvalue weighted by molar-refractivity contribution is 0.0933. The molecule has 1 fully saturated rings. The van der Waals surface area contributed by atoms with Gasteiger partial charge in [-0.15, -0.1) is 0 Å². The maximum atomic E-state index is 12.3. The zero-order valence-electron chi connectivity index (χ0n) is 13.4. The van der Waals surface area contributed by atoms with Gasteiger partial charge in [0, 0.05) is 24.1 Å². The third-order valence-corrected chi connectivity index (χ3v) is 4.90. The molecule has 0 aliphatic heterocycles. The molecular weight excluding hydrogens is 290 g/mol. The van der Waals surface area contributed by atoms with E-state index in [1.54, 1.807) is 12.3 Å². The standard InChI is InChI=1S/C18H25N3O2/c22-12-14(8-13-4-2-1-3-5-13)10-19-18(23)15-6-7-17-16(9-15)11-20-21-17/h6-7,9,11,13-14,22H,1-5,8,10,12H2,(H,19,23)(H,20,21)/t14-/m0/s1. The molecule has 1 saturated carbocycles. The molecule has 1 aliphatic rings. The van der Waals surface area contributed by atoms with Crippen molar-refractivity contribution < 1.29 is 9.90 Å². The number of hydrogen-bond donors (Lipinski definition) is 3. The number of aromatic nitrogens is 2. The molecule has 2 aromatic rings. The third kappa shape index (κ3) is 4.10. The number of hydrogen-bond acceptors (Lipinski definition) is 3. The van der Waals surface area contributed by atoms with Crippen molar-refractivity contribution in [1.29, 1.82) is 0 Å². The van der Waals surface area contributed by atoms with Gasteiger partial charge in [-0.25, -0.2) is 0 Å². The molecule has 0 spiro atoms. The van der Waals surface area contributed by atoms with Crippen molar-refractivity contribution in [3.05, 3.63) is 30.0 Å². The first-order valence-corrected chi connectivity index (χ1v) is 8.58. The highest BCUT2D eigenvalue weighted by Crippen LogP contribution is 2.28. The molecular formula is C18H25N3O2. The molecule has 23 heavy (non-hydrogen) atoms. The van der Waals surface area contributed by atoms with E-state index in [0.29, 0.717) is 18.0 Å². The molecule has 0 unspecified atom stereocenters. The number of aliphatic hydroxyl groups excluding tert-OH is 1. The predicted octanol–water partition coefficient (Wildman–Crippen LogP) is 2.87. The van der Waals surface area contributed by atoms with Gasteiger partial charge in [-0.2, -0.15) is 5.10 Å². The second-order valence-electron chi connectivity index (χ2n) is 6.67. The number of fused-ring (bicyclic) bond motifs is 1. The van der Waals surface area contributed by atoms with Crippen LogP contribution in [0, 0.1) is 11.8 Å². The summed E-state index contributed by atoms with van der Waals surface area (Å²) in [6.07, 6.45) is 9.21. The van der Waals surface area contributed by atoms with Crippen LogP contribution < -0.4 is 5.32 Å². The van der Waals surface area contributed by atoms with Gasteiger partial charge >= 0.3 is 0 Å². The van der Waals surface area contributed by atoms with Crippen LogP contribution in [0.4, 0.5) is 0 Å². The highest BCUT2D eigenvalue weighted by molar-refractivity contribution is 5.97. The Morgan fingerprint density at radius 1 is 1.35 bits per heavy atom. The minimum absolute atomic E-state index is 0.0878. The lowest BCUT2D eigenvalue weighted by atomic mass is 9.83. The second kappa shape index (κ2) is 7.59. The van der Waals surface area contributed by atoms with E-state index in [9.17, 15) is 9.90 Å². The number of benzene rings is 1. The molecule has 1 aromatic heterocycles. The van der Waals surface area contributed by atoms with Crippen molar-refractivity contribution in [3.8, 4) is 0 Å². The molecule has 1 aromatic carbocycles. The van der Waals surface area contributed by atoms with E-state index in [1.165, 1.54) is 32.1 Å². The summed E-state index contributed by atoms with van der Waals surface area (Å²) in [6.45, 7) is 0.673. The normalized spacial score (nSPS) is 17.3. The predicted molar refractivity (Wildman–Crippen MR) is 90.2 cm³/mol. The summed E-state index contributed by atoms with van der Waals surface area (Å²) in [6, 6.07) is 5.50. The average molecular weight is 315 g/mol. The summed E-state index contributed by atoms with van der Waals surface area (Å²) in [5, 5.41) is 20.3. The number of rotatable bonds is 6. The summed E-state index contributed by atoms with van der Waals surface area (Å²) in [4.78, 5) is 12.3. The number of H-pyrrole nitrogens is 1. The highest BCUT2D eigenvalue weighted by Gasteiger charge is 2.19. The minimum atomic E-state index is -0.0878. The molecule has 3 N–H and O–H groups in total. The van der Waals surface area contributed by atoms with Gasteiger partial charge < -0.3 is 10.4 Å². The number of carbonyl (C=O) groups excluding carboxylic acids is 1. The first-order valence-electron chi connectivity index (χ1n) is 8.58. The number of aromatic amines is 1. The quantitative estimate of drug-likeness (QED) is 0.767. The minimum Gasteiger partial charge on any atom is -0.396 e. The fraction of sp³-hybridized carbons (Fsp3) is 0.556. The maximum Gasteiger partial charge on any atom is 0.251 e. The van der Waals surface area contributed by atoms with Crippen LogP contribution in [-0.2, 0) is 0 Å². The number of amides is 1. The van der Waals surface area contributed by atoms with Crippen LogP contribution in [0.3, 0.4) is 0 Å². The Morgan fingerprint density at radius 3 is 2.96 bits per heavy atom. The molecule has 0 saturated heterocycles. The van der Waals surface area contributed by atoms with Crippen molar-refractivity contribution >= 4 is 16.8 Å². The van der Waals surface area contributed by atoms with Gasteiger partial charge in [-0.3, -0.25) is 9.89 Å². The largest absolute Gasteiger partial charge is 0.396 e. The fourth-order valence-electron chi connectivity index (χ4n) is 3.54. The van der Waals surface area contributed by atoms with E-state index in [2.05, 4.69) is 15.5 Å². The van der Waals surface area contributed by atoms with Crippen LogP contribution in [0.1, 0.15) is 48.9 Å². The molecule has 1 aliphatic carbocycles. The zero-order chi connectivity index (χ0) is 16.1. The Hall–Kier alpha value is -1.88. The fourth-order valence-corrected chi connectivity index (χ4v) is 3.54. The number of carbonyl (C=O) groups is 1. The maximum absolute atomic E-state index is 12.3. The monoisotopic (exact) mass is 315 g/mol. The van der Waals surface area contributed by atoms with E-state index in [4.69, 9.17) is 0 Å². The smallest absolute Gasteiger partial charge is 0.251 e. The molecule has 5 nitrogen and oxygen atoms in total. The van der Waals surface area contributed by atoms with Gasteiger partial charge in [-0.05, 0) is 36.5 Å². The highest BCUT2D eigenvalue weighted by atomic mass is 16.3. The van der Waals surface area contributed by atoms with Crippen LogP contribution in [0.5, 0.6) is 0 Å². The third-order valence-electron chi connectivity index (χ3n) is 4.90. The van der Waals surface area contributed by atoms with E-state index < -0.39 is 0 Å². The summed E-state index contributed by atoms with van der Waals surface area (Å²) >= 11 is 0. The molecule has 124 valence electrons. The van der Waals surface area contributed by atoms with E-state index in [1.807, 2.05) is 12.1 Å².